The first kappa shape index (κ1) is 16.9. The zero-order valence-corrected chi connectivity index (χ0v) is 13.3. The molecule has 6 heteroatoms. The van der Waals surface area contributed by atoms with Crippen LogP contribution < -0.4 is 16.0 Å². The van der Waals surface area contributed by atoms with Gasteiger partial charge in [-0.2, -0.15) is 0 Å². The fourth-order valence-corrected chi connectivity index (χ4v) is 1.81. The maximum Gasteiger partial charge on any atom is 0.252 e. The highest BCUT2D eigenvalue weighted by atomic mass is 16.2. The zero-order chi connectivity index (χ0) is 16.0. The quantitative estimate of drug-likeness (QED) is 0.742. The minimum atomic E-state index is -0.583. The number of carbonyl (C=O) groups excluding carboxylic acids is 2. The molecule has 0 saturated heterocycles. The number of carbonyl (C=O) groups is 2. The average molecular weight is 292 g/mol. The lowest BCUT2D eigenvalue weighted by Crippen LogP contribution is -2.43. The first-order valence-electron chi connectivity index (χ1n) is 7.17. The fourth-order valence-electron chi connectivity index (χ4n) is 1.81. The lowest BCUT2D eigenvalue weighted by molar-refractivity contribution is -0.122. The summed E-state index contributed by atoms with van der Waals surface area (Å²) in [4.78, 5) is 28.2. The summed E-state index contributed by atoms with van der Waals surface area (Å²) in [7, 11) is 1.54. The van der Waals surface area contributed by atoms with Gasteiger partial charge < -0.3 is 16.0 Å². The van der Waals surface area contributed by atoms with Crippen LogP contribution in [0.5, 0.6) is 0 Å². The predicted molar refractivity (Wildman–Crippen MR) is 83.5 cm³/mol. The molecule has 0 aliphatic rings. The Bertz CT molecular complexity index is 514. The fraction of sp³-hybridized carbons (Fsp3) is 0.533. The van der Waals surface area contributed by atoms with E-state index in [9.17, 15) is 9.59 Å². The molecule has 0 fully saturated rings. The second-order valence-corrected chi connectivity index (χ2v) is 5.16. The molecule has 1 atom stereocenters. The number of aromatic nitrogens is 1. The highest BCUT2D eigenvalue weighted by Gasteiger charge is 2.17. The minimum absolute atomic E-state index is 0.214. The van der Waals surface area contributed by atoms with Gasteiger partial charge in [0, 0.05) is 24.8 Å². The van der Waals surface area contributed by atoms with E-state index in [1.807, 2.05) is 20.8 Å². The highest BCUT2D eigenvalue weighted by molar-refractivity contribution is 5.98. The monoisotopic (exact) mass is 292 g/mol. The summed E-state index contributed by atoms with van der Waals surface area (Å²) < 4.78 is 0. The Hall–Kier alpha value is -2.11. The van der Waals surface area contributed by atoms with Gasteiger partial charge in [-0.15, -0.1) is 0 Å². The van der Waals surface area contributed by atoms with Crippen LogP contribution in [-0.4, -0.2) is 36.4 Å². The van der Waals surface area contributed by atoms with E-state index >= 15 is 0 Å². The van der Waals surface area contributed by atoms with Crippen molar-refractivity contribution in [2.45, 2.75) is 39.7 Å². The first-order chi connectivity index (χ1) is 9.88. The number of pyridine rings is 1. The minimum Gasteiger partial charge on any atom is -0.370 e. The number of hydrogen-bond acceptors (Lipinski definition) is 4. The Balaban J connectivity index is 2.99. The van der Waals surface area contributed by atoms with Gasteiger partial charge in [-0.25, -0.2) is 4.98 Å². The molecular weight excluding hydrogens is 268 g/mol. The Morgan fingerprint density at radius 1 is 1.24 bits per heavy atom. The topological polar surface area (TPSA) is 83.1 Å². The molecule has 0 saturated carbocycles. The van der Waals surface area contributed by atoms with Crippen molar-refractivity contribution in [1.82, 2.24) is 15.6 Å². The molecule has 0 aliphatic heterocycles. The van der Waals surface area contributed by atoms with Crippen molar-refractivity contribution in [3.63, 3.8) is 0 Å². The van der Waals surface area contributed by atoms with Crippen LogP contribution in [0.15, 0.2) is 12.1 Å². The van der Waals surface area contributed by atoms with Gasteiger partial charge in [0.25, 0.3) is 5.91 Å². The van der Waals surface area contributed by atoms with E-state index in [1.165, 1.54) is 7.05 Å². The second kappa shape index (κ2) is 7.61. The van der Waals surface area contributed by atoms with E-state index in [2.05, 4.69) is 20.9 Å². The van der Waals surface area contributed by atoms with Crippen molar-refractivity contribution < 1.29 is 9.59 Å². The smallest absolute Gasteiger partial charge is 0.252 e. The number of hydrogen-bond donors (Lipinski definition) is 3. The maximum atomic E-state index is 12.3. The van der Waals surface area contributed by atoms with E-state index in [0.29, 0.717) is 11.4 Å². The van der Waals surface area contributed by atoms with Crippen molar-refractivity contribution in [2.75, 3.05) is 18.9 Å². The van der Waals surface area contributed by atoms with E-state index < -0.39 is 6.04 Å². The molecule has 116 valence electrons. The summed E-state index contributed by atoms with van der Waals surface area (Å²) in [5.74, 6) is 0.371. The molecule has 1 heterocycles. The molecule has 0 radical (unpaired) electrons. The Labute approximate surface area is 125 Å². The number of nitrogens with one attached hydrogen (secondary N) is 3. The molecule has 6 nitrogen and oxygen atoms in total. The van der Waals surface area contributed by atoms with Crippen LogP contribution in [0, 0.1) is 0 Å². The number of likely N-dealkylation sites (N-methyl/N-ethyl adjacent to an activating group) is 1. The Morgan fingerprint density at radius 2 is 1.90 bits per heavy atom. The number of nitrogens with zero attached hydrogens (tertiary/aromatic N) is 1. The van der Waals surface area contributed by atoms with Gasteiger partial charge in [0.2, 0.25) is 5.91 Å². The molecule has 1 aromatic heterocycles. The molecule has 0 spiro atoms. The third kappa shape index (κ3) is 4.73. The number of rotatable bonds is 6. The molecule has 3 N–H and O–H groups in total. The maximum absolute atomic E-state index is 12.3. The molecule has 0 aromatic carbocycles. The van der Waals surface area contributed by atoms with Gasteiger partial charge in [-0.05, 0) is 31.9 Å². The first-order valence-corrected chi connectivity index (χ1v) is 7.17. The standard InChI is InChI=1S/C15H24N4O2/c1-6-17-13-8-11(7-12(19-13)9(2)3)15(21)18-10(4)14(20)16-5/h7-10H,6H2,1-5H3,(H,16,20)(H,17,19)(H,18,21). The molecule has 1 unspecified atom stereocenters. The third-order valence-electron chi connectivity index (χ3n) is 3.04. The van der Waals surface area contributed by atoms with Gasteiger partial charge in [0.1, 0.15) is 11.9 Å². The molecule has 21 heavy (non-hydrogen) atoms. The van der Waals surface area contributed by atoms with E-state index in [1.54, 1.807) is 19.1 Å². The van der Waals surface area contributed by atoms with Gasteiger partial charge in [0.15, 0.2) is 0 Å². The van der Waals surface area contributed by atoms with Crippen LogP contribution in [0.1, 0.15) is 49.7 Å². The summed E-state index contributed by atoms with van der Waals surface area (Å²) in [6.07, 6.45) is 0. The van der Waals surface area contributed by atoms with E-state index in [4.69, 9.17) is 0 Å². The Kier molecular flexibility index (Phi) is 6.14. The lowest BCUT2D eigenvalue weighted by Gasteiger charge is -2.15. The van der Waals surface area contributed by atoms with Crippen LogP contribution in [0.4, 0.5) is 5.82 Å². The summed E-state index contributed by atoms with van der Waals surface area (Å²) in [6, 6.07) is 2.87. The van der Waals surface area contributed by atoms with Crippen LogP contribution in [0.25, 0.3) is 0 Å². The van der Waals surface area contributed by atoms with Gasteiger partial charge in [-0.3, -0.25) is 9.59 Å². The number of anilines is 1. The van der Waals surface area contributed by atoms with Crippen molar-refractivity contribution in [3.05, 3.63) is 23.4 Å². The molecule has 1 rings (SSSR count). The van der Waals surface area contributed by atoms with E-state index in [0.717, 1.165) is 12.2 Å². The molecule has 2 amide bonds. The number of amides is 2. The van der Waals surface area contributed by atoms with E-state index in [-0.39, 0.29) is 17.7 Å². The molecule has 0 bridgehead atoms. The van der Waals surface area contributed by atoms with Gasteiger partial charge in [0.05, 0.1) is 0 Å². The van der Waals surface area contributed by atoms with Crippen molar-refractivity contribution >= 4 is 17.6 Å². The second-order valence-electron chi connectivity index (χ2n) is 5.16. The van der Waals surface area contributed by atoms with Crippen LogP contribution in [-0.2, 0) is 4.79 Å². The normalized spacial score (nSPS) is 11.9. The van der Waals surface area contributed by atoms with Gasteiger partial charge >= 0.3 is 0 Å². The van der Waals surface area contributed by atoms with Gasteiger partial charge in [-0.1, -0.05) is 13.8 Å². The zero-order valence-electron chi connectivity index (χ0n) is 13.3. The lowest BCUT2D eigenvalue weighted by atomic mass is 10.1. The summed E-state index contributed by atoms with van der Waals surface area (Å²) in [6.45, 7) is 8.38. The van der Waals surface area contributed by atoms with Crippen molar-refractivity contribution in [3.8, 4) is 0 Å². The summed E-state index contributed by atoms with van der Waals surface area (Å²) in [5, 5.41) is 8.30. The molecule has 1 aromatic rings. The van der Waals surface area contributed by atoms with Crippen LogP contribution >= 0.6 is 0 Å². The Morgan fingerprint density at radius 3 is 2.43 bits per heavy atom. The summed E-state index contributed by atoms with van der Waals surface area (Å²) in [5.41, 5.74) is 1.34. The van der Waals surface area contributed by atoms with Crippen LogP contribution in [0.3, 0.4) is 0 Å². The molecular formula is C15H24N4O2. The SMILES string of the molecule is CCNc1cc(C(=O)NC(C)C(=O)NC)cc(C(C)C)n1. The average Bonchev–Trinajstić information content (AvgIpc) is 2.46. The predicted octanol–water partition coefficient (Wildman–Crippen LogP) is 1.50. The molecule has 0 aliphatic carbocycles. The third-order valence-corrected chi connectivity index (χ3v) is 3.04. The van der Waals surface area contributed by atoms with Crippen LogP contribution in [0.2, 0.25) is 0 Å². The summed E-state index contributed by atoms with van der Waals surface area (Å²) >= 11 is 0. The van der Waals surface area contributed by atoms with Crippen molar-refractivity contribution in [2.24, 2.45) is 0 Å². The van der Waals surface area contributed by atoms with Crippen molar-refractivity contribution in [1.29, 1.82) is 0 Å². The largest absolute Gasteiger partial charge is 0.370 e. The highest BCUT2D eigenvalue weighted by Crippen LogP contribution is 2.17.